The van der Waals surface area contributed by atoms with Gasteiger partial charge in [0.25, 0.3) is 0 Å². The van der Waals surface area contributed by atoms with E-state index in [1.807, 2.05) is 11.0 Å². The molecule has 1 aliphatic heterocycles. The lowest BCUT2D eigenvalue weighted by Gasteiger charge is -2.53. The van der Waals surface area contributed by atoms with Crippen molar-refractivity contribution < 1.29 is 18.6 Å². The third-order valence-electron chi connectivity index (χ3n) is 8.39. The minimum Gasteiger partial charge on any atom is -0.389 e. The molecule has 2 N–H and O–H groups in total. The summed E-state index contributed by atoms with van der Waals surface area (Å²) in [6, 6.07) is 10.6. The van der Waals surface area contributed by atoms with E-state index in [-0.39, 0.29) is 16.8 Å². The molecular formula is C24H39N3O4S. The fourth-order valence-corrected chi connectivity index (χ4v) is 6.66. The van der Waals surface area contributed by atoms with E-state index >= 15 is 0 Å². The Balaban J connectivity index is 1.59. The lowest BCUT2D eigenvalue weighted by molar-refractivity contribution is -0.143. The molecule has 1 heterocycles. The van der Waals surface area contributed by atoms with E-state index in [0.717, 1.165) is 44.9 Å². The van der Waals surface area contributed by atoms with E-state index < -0.39 is 21.8 Å². The van der Waals surface area contributed by atoms with Crippen LogP contribution in [0.4, 0.5) is 0 Å². The molecule has 180 valence electrons. The summed E-state index contributed by atoms with van der Waals surface area (Å²) >= 11 is 0. The van der Waals surface area contributed by atoms with E-state index in [4.69, 9.17) is 0 Å². The van der Waals surface area contributed by atoms with Crippen LogP contribution in [-0.2, 0) is 15.4 Å². The van der Waals surface area contributed by atoms with Crippen molar-refractivity contribution >= 4 is 9.84 Å². The zero-order valence-corrected chi connectivity index (χ0v) is 20.5. The molecule has 1 saturated heterocycles. The average molecular weight is 466 g/mol. The van der Waals surface area contributed by atoms with Gasteiger partial charge in [0.05, 0.1) is 11.4 Å². The Morgan fingerprint density at radius 3 is 2.19 bits per heavy atom. The second-order valence-electron chi connectivity index (χ2n) is 10.7. The molecule has 3 fully saturated rings. The highest BCUT2D eigenvalue weighted by Crippen LogP contribution is 2.50. The highest BCUT2D eigenvalue weighted by atomic mass is 32.2. The molecule has 3 aliphatic rings. The van der Waals surface area contributed by atoms with Crippen molar-refractivity contribution in [3.8, 4) is 0 Å². The van der Waals surface area contributed by atoms with Gasteiger partial charge in [-0.05, 0) is 64.6 Å². The van der Waals surface area contributed by atoms with Crippen molar-refractivity contribution in [3.63, 3.8) is 0 Å². The molecule has 7 nitrogen and oxygen atoms in total. The Morgan fingerprint density at radius 2 is 1.69 bits per heavy atom. The number of benzene rings is 1. The van der Waals surface area contributed by atoms with Crippen molar-refractivity contribution in [3.05, 3.63) is 35.9 Å². The Labute approximate surface area is 192 Å². The van der Waals surface area contributed by atoms with Gasteiger partial charge < -0.3 is 10.2 Å². The molecule has 0 bridgehead atoms. The Kier molecular flexibility index (Phi) is 6.51. The van der Waals surface area contributed by atoms with Gasteiger partial charge in [-0.15, -0.1) is 0 Å². The summed E-state index contributed by atoms with van der Waals surface area (Å²) in [5.74, 6) is 0.0316. The maximum Gasteiger partial charge on any atom is 0.166 e. The summed E-state index contributed by atoms with van der Waals surface area (Å²) < 4.78 is 23.6. The first-order valence-electron chi connectivity index (χ1n) is 11.8. The average Bonchev–Trinajstić information content (AvgIpc) is 2.97. The third kappa shape index (κ3) is 4.50. The van der Waals surface area contributed by atoms with Crippen LogP contribution in [0.5, 0.6) is 0 Å². The van der Waals surface area contributed by atoms with Crippen molar-refractivity contribution in [2.45, 2.75) is 68.0 Å². The van der Waals surface area contributed by atoms with E-state index in [0.29, 0.717) is 19.6 Å². The zero-order chi connectivity index (χ0) is 23.2. The standard InChI is InChI=1S/C24H39N3O4S/c1-25(2)24(20-8-5-4-6-9-20)14-12-22(13-15-24)18-26(16-17-32(3,30)31)21(28)27(22)19-23(29)10-7-11-23/h4-6,8-9,21,28-29H,7,10-19H2,1-3H3/t21?,22-,24-. The molecule has 1 atom stereocenters. The van der Waals surface area contributed by atoms with Gasteiger partial charge in [-0.3, -0.25) is 14.7 Å². The minimum absolute atomic E-state index is 0.0316. The first kappa shape index (κ1) is 24.1. The van der Waals surface area contributed by atoms with Gasteiger partial charge in [0.2, 0.25) is 0 Å². The Hall–Kier alpha value is -1.03. The van der Waals surface area contributed by atoms with Gasteiger partial charge in [0.15, 0.2) is 6.35 Å². The number of hydrogen-bond donors (Lipinski definition) is 2. The van der Waals surface area contributed by atoms with Gasteiger partial charge in [0, 0.05) is 37.0 Å². The number of β-amino-alcohol motifs (C(OH)–C–C–N with tert-alkyl or cyclic N) is 1. The fraction of sp³-hybridized carbons (Fsp3) is 0.750. The lowest BCUT2D eigenvalue weighted by Crippen LogP contribution is -2.60. The molecular weight excluding hydrogens is 426 g/mol. The molecule has 4 rings (SSSR count). The highest BCUT2D eigenvalue weighted by molar-refractivity contribution is 7.90. The van der Waals surface area contributed by atoms with Gasteiger partial charge >= 0.3 is 0 Å². The topological polar surface area (TPSA) is 84.3 Å². The van der Waals surface area contributed by atoms with Gasteiger partial charge in [-0.1, -0.05) is 30.3 Å². The molecule has 1 spiro atoms. The summed E-state index contributed by atoms with van der Waals surface area (Å²) in [4.78, 5) is 6.32. The molecule has 32 heavy (non-hydrogen) atoms. The Bertz CT molecular complexity index is 893. The number of aliphatic hydroxyl groups excluding tert-OH is 1. The normalized spacial score (nSPS) is 33.6. The van der Waals surface area contributed by atoms with Crippen molar-refractivity contribution in [1.82, 2.24) is 14.7 Å². The number of aliphatic hydroxyl groups is 2. The molecule has 2 aliphatic carbocycles. The second-order valence-corrected chi connectivity index (χ2v) is 12.9. The third-order valence-corrected chi connectivity index (χ3v) is 9.31. The smallest absolute Gasteiger partial charge is 0.166 e. The van der Waals surface area contributed by atoms with Crippen molar-refractivity contribution in [2.24, 2.45) is 0 Å². The summed E-state index contributed by atoms with van der Waals surface area (Å²) in [6.07, 6.45) is 6.62. The zero-order valence-electron chi connectivity index (χ0n) is 19.7. The Morgan fingerprint density at radius 1 is 1.06 bits per heavy atom. The highest BCUT2D eigenvalue weighted by Gasteiger charge is 2.56. The quantitative estimate of drug-likeness (QED) is 0.633. The first-order valence-corrected chi connectivity index (χ1v) is 13.9. The van der Waals surface area contributed by atoms with Crippen LogP contribution < -0.4 is 0 Å². The molecule has 1 unspecified atom stereocenters. The molecule has 1 aromatic carbocycles. The SMILES string of the molecule is CN(C)[C@]1(c2ccccc2)CC[C@@]2(CC1)CN(CCS(C)(=O)=O)C(O)N2CC1(O)CCC1. The molecule has 1 aromatic rings. The van der Waals surface area contributed by atoms with Crippen LogP contribution in [0.3, 0.4) is 0 Å². The number of nitrogens with zero attached hydrogens (tertiary/aromatic N) is 3. The maximum absolute atomic E-state index is 11.8. The van der Waals surface area contributed by atoms with Crippen LogP contribution in [0, 0.1) is 0 Å². The van der Waals surface area contributed by atoms with Crippen LogP contribution >= 0.6 is 0 Å². The molecule has 0 aromatic heterocycles. The maximum atomic E-state index is 11.8. The van der Waals surface area contributed by atoms with E-state index in [1.165, 1.54) is 11.8 Å². The van der Waals surface area contributed by atoms with Gasteiger partial charge in [-0.2, -0.15) is 0 Å². The fourth-order valence-electron chi connectivity index (χ4n) is 6.10. The number of hydrogen-bond acceptors (Lipinski definition) is 7. The van der Waals surface area contributed by atoms with E-state index in [9.17, 15) is 18.6 Å². The lowest BCUT2D eigenvalue weighted by atomic mass is 9.67. The summed E-state index contributed by atoms with van der Waals surface area (Å²) in [5.41, 5.74) is 0.264. The molecule has 2 saturated carbocycles. The molecule has 8 heteroatoms. The molecule has 0 radical (unpaired) electrons. The largest absolute Gasteiger partial charge is 0.389 e. The summed E-state index contributed by atoms with van der Waals surface area (Å²) in [6.45, 7) is 1.40. The summed E-state index contributed by atoms with van der Waals surface area (Å²) in [7, 11) is 1.16. The minimum atomic E-state index is -3.12. The number of rotatable bonds is 7. The second kappa shape index (κ2) is 8.64. The van der Waals surface area contributed by atoms with Crippen LogP contribution in [-0.4, -0.2) is 96.6 Å². The van der Waals surface area contributed by atoms with Gasteiger partial charge in [0.1, 0.15) is 9.84 Å². The number of sulfone groups is 1. The molecule has 0 amide bonds. The van der Waals surface area contributed by atoms with E-state index in [1.54, 1.807) is 0 Å². The van der Waals surface area contributed by atoms with Crippen molar-refractivity contribution in [2.75, 3.05) is 45.7 Å². The van der Waals surface area contributed by atoms with Crippen LogP contribution in [0.15, 0.2) is 30.3 Å². The van der Waals surface area contributed by atoms with Crippen LogP contribution in [0.2, 0.25) is 0 Å². The van der Waals surface area contributed by atoms with Gasteiger partial charge in [-0.25, -0.2) is 8.42 Å². The van der Waals surface area contributed by atoms with Crippen LogP contribution in [0.1, 0.15) is 50.5 Å². The van der Waals surface area contributed by atoms with Crippen molar-refractivity contribution in [1.29, 1.82) is 0 Å². The predicted molar refractivity (Wildman–Crippen MR) is 126 cm³/mol. The first-order chi connectivity index (χ1) is 15.0. The van der Waals surface area contributed by atoms with E-state index in [2.05, 4.69) is 48.2 Å². The monoisotopic (exact) mass is 465 g/mol. The summed E-state index contributed by atoms with van der Waals surface area (Å²) in [5, 5.41) is 22.2. The van der Waals surface area contributed by atoms with Crippen LogP contribution in [0.25, 0.3) is 0 Å². The predicted octanol–water partition coefficient (Wildman–Crippen LogP) is 1.61.